The number of nitrogens with two attached hydrogens (primary N) is 1. The van der Waals surface area contributed by atoms with Crippen molar-refractivity contribution in [1.29, 1.82) is 0 Å². The van der Waals surface area contributed by atoms with Crippen molar-refractivity contribution >= 4 is 12.0 Å². The normalized spacial score (nSPS) is 22.7. The second kappa shape index (κ2) is 2.83. The zero-order valence-corrected chi connectivity index (χ0v) is 7.66. The lowest BCUT2D eigenvalue weighted by atomic mass is 9.95. The van der Waals surface area contributed by atoms with Crippen LogP contribution in [0.1, 0.15) is 20.8 Å². The van der Waals surface area contributed by atoms with E-state index in [0.29, 0.717) is 5.57 Å². The van der Waals surface area contributed by atoms with Gasteiger partial charge in [-0.25, -0.2) is 0 Å². The van der Waals surface area contributed by atoms with E-state index < -0.39 is 5.54 Å². The van der Waals surface area contributed by atoms with E-state index in [-0.39, 0.29) is 11.8 Å². The maximum atomic E-state index is 11.5. The lowest BCUT2D eigenvalue weighted by molar-refractivity contribution is -0.118. The maximum Gasteiger partial charge on any atom is 0.183 e. The smallest absolute Gasteiger partial charge is 0.183 e. The van der Waals surface area contributed by atoms with Crippen molar-refractivity contribution in [3.63, 3.8) is 0 Å². The third-order valence-corrected chi connectivity index (χ3v) is 1.72. The number of nitrogens with zero attached hydrogens (tertiary/aromatic N) is 1. The third-order valence-electron chi connectivity index (χ3n) is 1.72. The molecule has 0 radical (unpaired) electrons. The minimum Gasteiger partial charge on any atom is -0.319 e. The molecule has 0 aromatic heterocycles. The van der Waals surface area contributed by atoms with Gasteiger partial charge in [-0.1, -0.05) is 0 Å². The van der Waals surface area contributed by atoms with Crippen LogP contribution >= 0.6 is 0 Å². The SMILES string of the molecule is CC1C=C(C(=O)C(C)(C)N)C=N1. The molecule has 1 atom stereocenters. The van der Waals surface area contributed by atoms with Crippen LogP contribution in [-0.4, -0.2) is 23.6 Å². The van der Waals surface area contributed by atoms with E-state index in [9.17, 15) is 4.79 Å². The van der Waals surface area contributed by atoms with Crippen LogP contribution in [0, 0.1) is 0 Å². The molecule has 0 bridgehead atoms. The Balaban J connectivity index is 2.81. The first kappa shape index (κ1) is 9.13. The van der Waals surface area contributed by atoms with Gasteiger partial charge < -0.3 is 5.73 Å². The number of hydrogen-bond donors (Lipinski definition) is 1. The Morgan fingerprint density at radius 3 is 2.58 bits per heavy atom. The molecule has 1 unspecified atom stereocenters. The van der Waals surface area contributed by atoms with Gasteiger partial charge in [-0.15, -0.1) is 0 Å². The van der Waals surface area contributed by atoms with E-state index >= 15 is 0 Å². The van der Waals surface area contributed by atoms with Gasteiger partial charge in [0.1, 0.15) is 0 Å². The van der Waals surface area contributed by atoms with Gasteiger partial charge in [-0.3, -0.25) is 9.79 Å². The minimum atomic E-state index is -0.790. The summed E-state index contributed by atoms with van der Waals surface area (Å²) in [5.74, 6) is -0.0457. The molecular formula is C9H14N2O. The van der Waals surface area contributed by atoms with Crippen molar-refractivity contribution in [1.82, 2.24) is 0 Å². The van der Waals surface area contributed by atoms with Crippen LogP contribution in [0.3, 0.4) is 0 Å². The highest BCUT2D eigenvalue weighted by molar-refractivity contribution is 6.17. The van der Waals surface area contributed by atoms with Crippen molar-refractivity contribution < 1.29 is 4.79 Å². The Bertz CT molecular complexity index is 258. The molecule has 1 heterocycles. The summed E-state index contributed by atoms with van der Waals surface area (Å²) in [6, 6.07) is 0.117. The molecular weight excluding hydrogens is 152 g/mol. The van der Waals surface area contributed by atoms with Crippen LogP contribution < -0.4 is 5.73 Å². The summed E-state index contributed by atoms with van der Waals surface area (Å²) in [4.78, 5) is 15.6. The van der Waals surface area contributed by atoms with Crippen molar-refractivity contribution in [2.24, 2.45) is 10.7 Å². The van der Waals surface area contributed by atoms with E-state index in [1.54, 1.807) is 20.1 Å². The number of carbonyl (C=O) groups is 1. The number of Topliss-reactive ketones (excluding diaryl/α,β-unsaturated/α-hetero) is 1. The summed E-state index contributed by atoms with van der Waals surface area (Å²) in [6.07, 6.45) is 3.43. The van der Waals surface area contributed by atoms with Crippen molar-refractivity contribution in [2.45, 2.75) is 32.4 Å². The van der Waals surface area contributed by atoms with Crippen LogP contribution in [0.25, 0.3) is 0 Å². The fourth-order valence-electron chi connectivity index (χ4n) is 1.05. The predicted molar refractivity (Wildman–Crippen MR) is 49.3 cm³/mol. The van der Waals surface area contributed by atoms with Crippen molar-refractivity contribution in [2.75, 3.05) is 0 Å². The quantitative estimate of drug-likeness (QED) is 0.656. The molecule has 0 amide bonds. The largest absolute Gasteiger partial charge is 0.319 e. The molecule has 0 saturated carbocycles. The van der Waals surface area contributed by atoms with Gasteiger partial charge in [-0.2, -0.15) is 0 Å². The van der Waals surface area contributed by atoms with Crippen LogP contribution in [0.2, 0.25) is 0 Å². The minimum absolute atomic E-state index is 0.0457. The molecule has 3 heteroatoms. The van der Waals surface area contributed by atoms with E-state index in [2.05, 4.69) is 4.99 Å². The average Bonchev–Trinajstić information content (AvgIpc) is 2.32. The highest BCUT2D eigenvalue weighted by Gasteiger charge is 2.26. The fourth-order valence-corrected chi connectivity index (χ4v) is 1.05. The zero-order valence-electron chi connectivity index (χ0n) is 7.66. The predicted octanol–water partition coefficient (Wildman–Crippen LogP) is 0.692. The molecule has 0 spiro atoms. The lowest BCUT2D eigenvalue weighted by Crippen LogP contribution is -2.42. The summed E-state index contributed by atoms with van der Waals surface area (Å²) < 4.78 is 0. The molecule has 0 aromatic rings. The van der Waals surface area contributed by atoms with E-state index in [1.807, 2.05) is 13.0 Å². The van der Waals surface area contributed by atoms with Crippen LogP contribution in [0.4, 0.5) is 0 Å². The second-order valence-corrected chi connectivity index (χ2v) is 3.69. The first-order chi connectivity index (χ1) is 5.41. The van der Waals surface area contributed by atoms with Gasteiger partial charge in [0.15, 0.2) is 5.78 Å². The van der Waals surface area contributed by atoms with Crippen molar-refractivity contribution in [3.05, 3.63) is 11.6 Å². The number of aliphatic imine (C=N–C) groups is 1. The van der Waals surface area contributed by atoms with Gasteiger partial charge in [0.05, 0.1) is 11.6 Å². The molecule has 3 nitrogen and oxygen atoms in total. The molecule has 0 fully saturated rings. The first-order valence-electron chi connectivity index (χ1n) is 4.00. The summed E-state index contributed by atoms with van der Waals surface area (Å²) >= 11 is 0. The second-order valence-electron chi connectivity index (χ2n) is 3.69. The number of hydrogen-bond acceptors (Lipinski definition) is 3. The standard InChI is InChI=1S/C9H14N2O/c1-6-4-7(5-11-6)8(12)9(2,3)10/h4-6H,10H2,1-3H3. The molecule has 1 rings (SSSR count). The van der Waals surface area contributed by atoms with Gasteiger partial charge in [0, 0.05) is 11.8 Å². The fraction of sp³-hybridized carbons (Fsp3) is 0.556. The molecule has 1 aliphatic rings. The topological polar surface area (TPSA) is 55.5 Å². The van der Waals surface area contributed by atoms with Gasteiger partial charge in [0.25, 0.3) is 0 Å². The maximum absolute atomic E-state index is 11.5. The van der Waals surface area contributed by atoms with Crippen LogP contribution in [0.15, 0.2) is 16.6 Å². The summed E-state index contributed by atoms with van der Waals surface area (Å²) in [5.41, 5.74) is 5.50. The Morgan fingerprint density at radius 1 is 1.67 bits per heavy atom. The lowest BCUT2D eigenvalue weighted by Gasteiger charge is -2.15. The Kier molecular flexibility index (Phi) is 2.15. The van der Waals surface area contributed by atoms with E-state index in [1.165, 1.54) is 0 Å². The van der Waals surface area contributed by atoms with Gasteiger partial charge in [0.2, 0.25) is 0 Å². The first-order valence-corrected chi connectivity index (χ1v) is 4.00. The Hall–Kier alpha value is -0.960. The van der Waals surface area contributed by atoms with Crippen molar-refractivity contribution in [3.8, 4) is 0 Å². The molecule has 0 aliphatic carbocycles. The highest BCUT2D eigenvalue weighted by Crippen LogP contribution is 2.13. The Morgan fingerprint density at radius 2 is 2.25 bits per heavy atom. The monoisotopic (exact) mass is 166 g/mol. The summed E-state index contributed by atoms with van der Waals surface area (Å²) in [7, 11) is 0. The summed E-state index contributed by atoms with van der Waals surface area (Å²) in [6.45, 7) is 5.33. The third kappa shape index (κ3) is 1.80. The van der Waals surface area contributed by atoms with Crippen LogP contribution in [-0.2, 0) is 4.79 Å². The number of carbonyl (C=O) groups excluding carboxylic acids is 1. The Labute approximate surface area is 72.4 Å². The number of ketones is 1. The molecule has 0 aromatic carbocycles. The van der Waals surface area contributed by atoms with E-state index in [0.717, 1.165) is 0 Å². The van der Waals surface area contributed by atoms with Crippen LogP contribution in [0.5, 0.6) is 0 Å². The molecule has 12 heavy (non-hydrogen) atoms. The molecule has 0 saturated heterocycles. The van der Waals surface area contributed by atoms with Gasteiger partial charge in [-0.05, 0) is 26.8 Å². The summed E-state index contributed by atoms with van der Waals surface area (Å²) in [5, 5.41) is 0. The highest BCUT2D eigenvalue weighted by atomic mass is 16.1. The zero-order chi connectivity index (χ0) is 9.35. The van der Waals surface area contributed by atoms with E-state index in [4.69, 9.17) is 5.73 Å². The van der Waals surface area contributed by atoms with Gasteiger partial charge >= 0.3 is 0 Å². The molecule has 2 N–H and O–H groups in total. The average molecular weight is 166 g/mol. The molecule has 66 valence electrons. The number of rotatable bonds is 2. The molecule has 1 aliphatic heterocycles.